The van der Waals surface area contributed by atoms with Crippen molar-refractivity contribution >= 4 is 34.1 Å². The van der Waals surface area contributed by atoms with Gasteiger partial charge in [0.2, 0.25) is 5.91 Å². The predicted molar refractivity (Wildman–Crippen MR) is 141 cm³/mol. The minimum Gasteiger partial charge on any atom is -0.368 e. The second kappa shape index (κ2) is 10.1. The van der Waals surface area contributed by atoms with Crippen LogP contribution in [0.2, 0.25) is 5.02 Å². The lowest BCUT2D eigenvalue weighted by Crippen LogP contribution is -2.49. The Bertz CT molecular complexity index is 1420. The number of hydrogen-bond acceptors (Lipinski definition) is 2. The lowest BCUT2D eigenvalue weighted by atomic mass is 9.87. The highest BCUT2D eigenvalue weighted by atomic mass is 35.5. The molecule has 1 atom stereocenters. The summed E-state index contributed by atoms with van der Waals surface area (Å²) in [6.45, 7) is 1.85. The number of anilines is 1. The topological polar surface area (TPSA) is 28.5 Å². The van der Waals surface area contributed by atoms with E-state index in [9.17, 15) is 18.0 Å². The third-order valence-corrected chi connectivity index (χ3v) is 7.34. The molecule has 0 saturated carbocycles. The number of carbonyl (C=O) groups excluding carboxylic acids is 1. The second-order valence-electron chi connectivity index (χ2n) is 9.44. The molecule has 37 heavy (non-hydrogen) atoms. The normalized spacial score (nSPS) is 15.3. The summed E-state index contributed by atoms with van der Waals surface area (Å²) in [5.74, 6) is -0.166. The molecule has 0 spiro atoms. The zero-order valence-electron chi connectivity index (χ0n) is 20.4. The SMILES string of the molecule is Cn1cc([C@H](CC(=O)N2CCN(c3cccc(C(F)(F)F)c3)CC2)c2cccc(Cl)c2)c2ccccc21. The van der Waals surface area contributed by atoms with Crippen LogP contribution < -0.4 is 4.90 Å². The van der Waals surface area contributed by atoms with E-state index in [1.54, 1.807) is 6.07 Å². The molecule has 4 aromatic rings. The van der Waals surface area contributed by atoms with Crippen LogP contribution in [-0.4, -0.2) is 41.6 Å². The van der Waals surface area contributed by atoms with E-state index in [4.69, 9.17) is 11.6 Å². The number of rotatable bonds is 5. The van der Waals surface area contributed by atoms with Crippen LogP contribution >= 0.6 is 11.6 Å². The van der Waals surface area contributed by atoms with E-state index >= 15 is 0 Å². The zero-order valence-corrected chi connectivity index (χ0v) is 21.1. The number of fused-ring (bicyclic) bond motifs is 1. The van der Waals surface area contributed by atoms with Gasteiger partial charge < -0.3 is 14.4 Å². The van der Waals surface area contributed by atoms with Gasteiger partial charge in [-0.05, 0) is 47.5 Å². The van der Waals surface area contributed by atoms with E-state index in [0.29, 0.717) is 36.9 Å². The Kier molecular flexibility index (Phi) is 6.90. The number of hydrogen-bond donors (Lipinski definition) is 0. The summed E-state index contributed by atoms with van der Waals surface area (Å²) < 4.78 is 41.5. The van der Waals surface area contributed by atoms with E-state index in [-0.39, 0.29) is 18.2 Å². The molecule has 0 radical (unpaired) electrons. The summed E-state index contributed by atoms with van der Waals surface area (Å²) in [5, 5.41) is 1.71. The molecule has 1 aliphatic rings. The van der Waals surface area contributed by atoms with Gasteiger partial charge in [0.15, 0.2) is 0 Å². The lowest BCUT2D eigenvalue weighted by Gasteiger charge is -2.37. The molecule has 8 heteroatoms. The maximum absolute atomic E-state index is 13.5. The standard InChI is InChI=1S/C29H27ClF3N3O/c1-34-19-26(24-10-2-3-11-27(24)34)25(20-6-4-8-22(30)16-20)18-28(37)36-14-12-35(13-15-36)23-9-5-7-21(17-23)29(31,32)33/h2-11,16-17,19,25H,12-15,18H2,1H3/t25-/m1/s1. The molecule has 1 fully saturated rings. The van der Waals surface area contributed by atoms with Crippen LogP contribution in [0, 0.1) is 0 Å². The van der Waals surface area contributed by atoms with Gasteiger partial charge in [0.05, 0.1) is 5.56 Å². The third-order valence-electron chi connectivity index (χ3n) is 7.10. The first-order valence-corrected chi connectivity index (χ1v) is 12.6. The Morgan fingerprint density at radius 1 is 0.946 bits per heavy atom. The average molecular weight is 526 g/mol. The zero-order chi connectivity index (χ0) is 26.2. The molecule has 5 rings (SSSR count). The first-order chi connectivity index (χ1) is 17.7. The Balaban J connectivity index is 1.35. The van der Waals surface area contributed by atoms with E-state index in [1.807, 2.05) is 53.2 Å². The summed E-state index contributed by atoms with van der Waals surface area (Å²) in [4.78, 5) is 17.2. The first kappa shape index (κ1) is 25.2. The second-order valence-corrected chi connectivity index (χ2v) is 9.88. The summed E-state index contributed by atoms with van der Waals surface area (Å²) in [6.07, 6.45) is -2.03. The summed E-state index contributed by atoms with van der Waals surface area (Å²) in [6, 6.07) is 21.1. The molecule has 0 bridgehead atoms. The highest BCUT2D eigenvalue weighted by molar-refractivity contribution is 6.30. The number of benzene rings is 3. The highest BCUT2D eigenvalue weighted by Crippen LogP contribution is 2.36. The fraction of sp³-hybridized carbons (Fsp3) is 0.276. The minimum atomic E-state index is -4.38. The van der Waals surface area contributed by atoms with E-state index < -0.39 is 11.7 Å². The molecule has 1 amide bonds. The van der Waals surface area contributed by atoms with Crippen molar-refractivity contribution in [3.8, 4) is 0 Å². The molecule has 2 heterocycles. The van der Waals surface area contributed by atoms with E-state index in [0.717, 1.165) is 28.1 Å². The van der Waals surface area contributed by atoms with E-state index in [1.165, 1.54) is 12.1 Å². The number of nitrogens with zero attached hydrogens (tertiary/aromatic N) is 3. The van der Waals surface area contributed by atoms with Gasteiger partial charge in [0.1, 0.15) is 0 Å². The number of amides is 1. The van der Waals surface area contributed by atoms with Gasteiger partial charge in [-0.3, -0.25) is 4.79 Å². The van der Waals surface area contributed by atoms with Gasteiger partial charge in [-0.1, -0.05) is 48.0 Å². The predicted octanol–water partition coefficient (Wildman–Crippen LogP) is 6.72. The maximum atomic E-state index is 13.5. The van der Waals surface area contributed by atoms with Crippen LogP contribution in [0.3, 0.4) is 0 Å². The van der Waals surface area contributed by atoms with Crippen molar-refractivity contribution < 1.29 is 18.0 Å². The molecular formula is C29H27ClF3N3O. The van der Waals surface area contributed by atoms with E-state index in [2.05, 4.69) is 22.9 Å². The average Bonchev–Trinajstić information content (AvgIpc) is 3.23. The molecule has 3 aromatic carbocycles. The monoisotopic (exact) mass is 525 g/mol. The molecule has 1 aliphatic heterocycles. The number of carbonyl (C=O) groups is 1. The van der Waals surface area contributed by atoms with Crippen LogP contribution in [0.5, 0.6) is 0 Å². The number of piperazine rings is 1. The number of aromatic nitrogens is 1. The van der Waals surface area contributed by atoms with Crippen LogP contribution in [0.15, 0.2) is 79.0 Å². The Hall–Kier alpha value is -3.45. The van der Waals surface area contributed by atoms with Gasteiger partial charge >= 0.3 is 6.18 Å². The third kappa shape index (κ3) is 5.32. The molecule has 4 nitrogen and oxygen atoms in total. The quantitative estimate of drug-likeness (QED) is 0.289. The molecular weight excluding hydrogens is 499 g/mol. The summed E-state index contributed by atoms with van der Waals surface area (Å²) in [5.41, 5.74) is 2.99. The van der Waals surface area contributed by atoms with Gasteiger partial charge in [0.25, 0.3) is 0 Å². The van der Waals surface area contributed by atoms with Crippen molar-refractivity contribution in [2.75, 3.05) is 31.1 Å². The number of aryl methyl sites for hydroxylation is 1. The Morgan fingerprint density at radius 2 is 1.68 bits per heavy atom. The summed E-state index contributed by atoms with van der Waals surface area (Å²) >= 11 is 6.32. The lowest BCUT2D eigenvalue weighted by molar-refractivity contribution is -0.137. The Labute approximate surface area is 218 Å². The van der Waals surface area contributed by atoms with Crippen molar-refractivity contribution in [1.82, 2.24) is 9.47 Å². The molecule has 1 saturated heterocycles. The van der Waals surface area contributed by atoms with Gasteiger partial charge in [0, 0.05) is 73.4 Å². The van der Waals surface area contributed by atoms with Crippen LogP contribution in [0.1, 0.15) is 29.0 Å². The Morgan fingerprint density at radius 3 is 2.41 bits per heavy atom. The minimum absolute atomic E-state index is 0.0154. The fourth-order valence-electron chi connectivity index (χ4n) is 5.18. The van der Waals surface area contributed by atoms with Crippen LogP contribution in [0.4, 0.5) is 18.9 Å². The first-order valence-electron chi connectivity index (χ1n) is 12.2. The maximum Gasteiger partial charge on any atom is 0.416 e. The summed E-state index contributed by atoms with van der Waals surface area (Å²) in [7, 11) is 2.00. The van der Waals surface area contributed by atoms with Gasteiger partial charge in [-0.15, -0.1) is 0 Å². The molecule has 1 aromatic heterocycles. The number of alkyl halides is 3. The smallest absolute Gasteiger partial charge is 0.368 e. The van der Waals surface area contributed by atoms with Crippen LogP contribution in [0.25, 0.3) is 10.9 Å². The highest BCUT2D eigenvalue weighted by Gasteiger charge is 2.32. The van der Waals surface area contributed by atoms with Crippen molar-refractivity contribution in [3.05, 3.63) is 101 Å². The fourth-order valence-corrected chi connectivity index (χ4v) is 5.38. The van der Waals surface area contributed by atoms with Crippen LogP contribution in [-0.2, 0) is 18.0 Å². The largest absolute Gasteiger partial charge is 0.416 e. The van der Waals surface area contributed by atoms with Crippen molar-refractivity contribution in [3.63, 3.8) is 0 Å². The van der Waals surface area contributed by atoms with Gasteiger partial charge in [-0.25, -0.2) is 0 Å². The number of halogens is 4. The molecule has 0 aliphatic carbocycles. The van der Waals surface area contributed by atoms with Crippen molar-refractivity contribution in [2.24, 2.45) is 7.05 Å². The molecule has 0 N–H and O–H groups in total. The van der Waals surface area contributed by atoms with Crippen molar-refractivity contribution in [1.29, 1.82) is 0 Å². The number of para-hydroxylation sites is 1. The van der Waals surface area contributed by atoms with Crippen molar-refractivity contribution in [2.45, 2.75) is 18.5 Å². The van der Waals surface area contributed by atoms with Gasteiger partial charge in [-0.2, -0.15) is 13.2 Å². The molecule has 0 unspecified atom stereocenters. The molecule has 192 valence electrons.